The fourth-order valence-electron chi connectivity index (χ4n) is 3.87. The van der Waals surface area contributed by atoms with E-state index in [1.807, 2.05) is 24.0 Å². The molecule has 2 aromatic rings. The molecular weight excluding hydrogens is 316 g/mol. The summed E-state index contributed by atoms with van der Waals surface area (Å²) in [4.78, 5) is 30.0. The number of nitrogens with one attached hydrogen (secondary N) is 1. The number of fused-ring (bicyclic) bond motifs is 3. The Morgan fingerprint density at radius 3 is 2.76 bits per heavy atom. The summed E-state index contributed by atoms with van der Waals surface area (Å²) in [6.45, 7) is 6.43. The first kappa shape index (κ1) is 17.5. The first-order valence-electron chi connectivity index (χ1n) is 9.01. The summed E-state index contributed by atoms with van der Waals surface area (Å²) in [5.74, 6) is 0.802. The summed E-state index contributed by atoms with van der Waals surface area (Å²) in [6, 6.07) is 3.90. The molecule has 0 radical (unpaired) electrons. The average molecular weight is 342 g/mol. The molecule has 1 amide bonds. The van der Waals surface area contributed by atoms with Crippen LogP contribution < -0.4 is 4.74 Å². The van der Waals surface area contributed by atoms with Crippen molar-refractivity contribution in [2.24, 2.45) is 0 Å². The highest BCUT2D eigenvalue weighted by Crippen LogP contribution is 2.38. The highest BCUT2D eigenvalue weighted by molar-refractivity contribution is 6.10. The minimum atomic E-state index is -0.0155. The number of carbonyl (C=O) groups is 2. The topological polar surface area (TPSA) is 62.4 Å². The third-order valence-electron chi connectivity index (χ3n) is 5.23. The number of aromatic amines is 1. The maximum atomic E-state index is 12.8. The van der Waals surface area contributed by atoms with E-state index in [4.69, 9.17) is 4.74 Å². The molecule has 3 rings (SSSR count). The van der Waals surface area contributed by atoms with Crippen LogP contribution in [0.2, 0.25) is 0 Å². The van der Waals surface area contributed by atoms with Gasteiger partial charge in [-0.2, -0.15) is 0 Å². The maximum Gasteiger partial charge on any atom is 0.220 e. The van der Waals surface area contributed by atoms with Gasteiger partial charge >= 0.3 is 0 Å². The molecule has 25 heavy (non-hydrogen) atoms. The minimum Gasteiger partial charge on any atom is -0.496 e. The maximum absolute atomic E-state index is 12.8. The molecule has 0 bridgehead atoms. The Labute approximate surface area is 148 Å². The van der Waals surface area contributed by atoms with Gasteiger partial charge in [0.25, 0.3) is 0 Å². The van der Waals surface area contributed by atoms with Crippen LogP contribution in [0.1, 0.15) is 67.7 Å². The minimum absolute atomic E-state index is 0.0155. The zero-order chi connectivity index (χ0) is 18.1. The number of hydrogen-bond acceptors (Lipinski definition) is 3. The third-order valence-corrected chi connectivity index (χ3v) is 5.23. The Hall–Kier alpha value is -2.30. The molecule has 1 unspecified atom stereocenters. The molecular formula is C20H26N2O3. The lowest BCUT2D eigenvalue weighted by molar-refractivity contribution is -0.131. The van der Waals surface area contributed by atoms with Crippen LogP contribution in [0.4, 0.5) is 0 Å². The van der Waals surface area contributed by atoms with E-state index >= 15 is 0 Å². The Bertz CT molecular complexity index is 822. The van der Waals surface area contributed by atoms with E-state index in [1.165, 1.54) is 5.56 Å². The van der Waals surface area contributed by atoms with Crippen LogP contribution in [-0.4, -0.2) is 35.2 Å². The lowest BCUT2D eigenvalue weighted by Crippen LogP contribution is -2.37. The second kappa shape index (κ2) is 6.90. The number of nitrogens with zero attached hydrogens (tertiary/aromatic N) is 1. The number of unbranched alkanes of at least 4 members (excludes halogenated alkanes) is 1. The van der Waals surface area contributed by atoms with E-state index in [1.54, 1.807) is 14.0 Å². The van der Waals surface area contributed by atoms with Crippen molar-refractivity contribution in [2.75, 3.05) is 13.7 Å². The van der Waals surface area contributed by atoms with Crippen LogP contribution in [0.15, 0.2) is 12.1 Å². The fraction of sp³-hybridized carbons (Fsp3) is 0.500. The summed E-state index contributed by atoms with van der Waals surface area (Å²) in [5.41, 5.74) is 3.74. The van der Waals surface area contributed by atoms with Crippen molar-refractivity contribution < 1.29 is 14.3 Å². The molecule has 1 N–H and O–H groups in total. The van der Waals surface area contributed by atoms with E-state index in [9.17, 15) is 9.59 Å². The van der Waals surface area contributed by atoms with Crippen LogP contribution >= 0.6 is 0 Å². The van der Waals surface area contributed by atoms with Crippen molar-refractivity contribution in [3.8, 4) is 5.75 Å². The molecule has 1 aliphatic heterocycles. The third kappa shape index (κ3) is 2.92. The molecule has 0 spiro atoms. The van der Waals surface area contributed by atoms with Gasteiger partial charge in [-0.15, -0.1) is 0 Å². The number of carbonyl (C=O) groups excluding carboxylic acids is 2. The van der Waals surface area contributed by atoms with Gasteiger partial charge in [0, 0.05) is 31.0 Å². The number of benzene rings is 1. The Kier molecular flexibility index (Phi) is 4.84. The molecule has 1 aliphatic rings. The molecule has 134 valence electrons. The van der Waals surface area contributed by atoms with Crippen LogP contribution in [0.5, 0.6) is 5.75 Å². The fourth-order valence-corrected chi connectivity index (χ4v) is 3.87. The number of hydrogen-bond donors (Lipinski definition) is 1. The SMILES string of the molecule is CCCCC(=O)c1c(OC)ccc2c3c([nH]c12)C(C)N(C(C)=O)CC3. The lowest BCUT2D eigenvalue weighted by Gasteiger charge is -2.32. The summed E-state index contributed by atoms with van der Waals surface area (Å²) in [5, 5.41) is 1.07. The molecule has 1 atom stereocenters. The molecule has 0 fully saturated rings. The van der Waals surface area contributed by atoms with Gasteiger partial charge in [0.05, 0.1) is 24.2 Å². The molecule has 5 nitrogen and oxygen atoms in total. The predicted octanol–water partition coefficient (Wildman–Crippen LogP) is 4.02. The standard InChI is InChI=1S/C20H26N2O3/c1-5-6-7-16(24)18-17(25-4)9-8-14-15-10-11-22(13(3)23)12(2)19(15)21-20(14)18/h8-9,12,21H,5-7,10-11H2,1-4H3. The summed E-state index contributed by atoms with van der Waals surface area (Å²) in [6.07, 6.45) is 3.17. The van der Waals surface area contributed by atoms with Crippen molar-refractivity contribution >= 4 is 22.6 Å². The van der Waals surface area contributed by atoms with E-state index in [2.05, 4.69) is 11.9 Å². The van der Waals surface area contributed by atoms with Crippen molar-refractivity contribution in [3.05, 3.63) is 29.0 Å². The molecule has 1 aromatic carbocycles. The summed E-state index contributed by atoms with van der Waals surface area (Å²) < 4.78 is 5.47. The van der Waals surface area contributed by atoms with Crippen molar-refractivity contribution in [1.29, 1.82) is 0 Å². The molecule has 5 heteroatoms. The van der Waals surface area contributed by atoms with E-state index in [-0.39, 0.29) is 17.7 Å². The first-order chi connectivity index (χ1) is 12.0. The Balaban J connectivity index is 2.15. The average Bonchev–Trinajstić information content (AvgIpc) is 2.98. The number of ether oxygens (including phenoxy) is 1. The largest absolute Gasteiger partial charge is 0.496 e. The van der Waals surface area contributed by atoms with Crippen molar-refractivity contribution in [3.63, 3.8) is 0 Å². The number of amides is 1. The van der Waals surface area contributed by atoms with Gasteiger partial charge in [0.2, 0.25) is 5.91 Å². The van der Waals surface area contributed by atoms with E-state index in [0.29, 0.717) is 24.3 Å². The highest BCUT2D eigenvalue weighted by Gasteiger charge is 2.30. The van der Waals surface area contributed by atoms with Crippen molar-refractivity contribution in [2.45, 2.75) is 52.5 Å². The van der Waals surface area contributed by atoms with Gasteiger partial charge in [-0.25, -0.2) is 0 Å². The number of Topliss-reactive ketones (excluding diaryl/α,β-unsaturated/α-hetero) is 1. The Morgan fingerprint density at radius 2 is 2.12 bits per heavy atom. The predicted molar refractivity (Wildman–Crippen MR) is 98.2 cm³/mol. The number of ketones is 1. The van der Waals surface area contributed by atoms with Crippen LogP contribution in [-0.2, 0) is 11.2 Å². The number of methoxy groups -OCH3 is 1. The second-order valence-electron chi connectivity index (χ2n) is 6.75. The molecule has 1 aromatic heterocycles. The lowest BCUT2D eigenvalue weighted by atomic mass is 9.96. The van der Waals surface area contributed by atoms with Gasteiger partial charge in [-0.3, -0.25) is 9.59 Å². The second-order valence-corrected chi connectivity index (χ2v) is 6.75. The van der Waals surface area contributed by atoms with Gasteiger partial charge in [-0.1, -0.05) is 13.3 Å². The van der Waals surface area contributed by atoms with E-state index < -0.39 is 0 Å². The van der Waals surface area contributed by atoms with Gasteiger partial charge in [0.1, 0.15) is 5.75 Å². The number of rotatable bonds is 5. The molecule has 2 heterocycles. The zero-order valence-electron chi connectivity index (χ0n) is 15.4. The molecule has 0 aliphatic carbocycles. The number of aromatic nitrogens is 1. The summed E-state index contributed by atoms with van der Waals surface area (Å²) >= 11 is 0. The highest BCUT2D eigenvalue weighted by atomic mass is 16.5. The normalized spacial score (nSPS) is 16.8. The van der Waals surface area contributed by atoms with Gasteiger partial charge in [0.15, 0.2) is 5.78 Å². The van der Waals surface area contributed by atoms with E-state index in [0.717, 1.165) is 35.9 Å². The molecule has 0 saturated heterocycles. The molecule has 0 saturated carbocycles. The zero-order valence-corrected chi connectivity index (χ0v) is 15.4. The summed E-state index contributed by atoms with van der Waals surface area (Å²) in [7, 11) is 1.60. The van der Waals surface area contributed by atoms with Crippen LogP contribution in [0.25, 0.3) is 10.9 Å². The smallest absolute Gasteiger partial charge is 0.220 e. The van der Waals surface area contributed by atoms with Gasteiger partial charge in [-0.05, 0) is 37.5 Å². The van der Waals surface area contributed by atoms with Crippen LogP contribution in [0.3, 0.4) is 0 Å². The van der Waals surface area contributed by atoms with Gasteiger partial charge < -0.3 is 14.6 Å². The van der Waals surface area contributed by atoms with Crippen molar-refractivity contribution in [1.82, 2.24) is 9.88 Å². The first-order valence-corrected chi connectivity index (χ1v) is 9.01. The number of H-pyrrole nitrogens is 1. The monoisotopic (exact) mass is 342 g/mol. The van der Waals surface area contributed by atoms with Crippen LogP contribution in [0, 0.1) is 0 Å². The Morgan fingerprint density at radius 1 is 1.36 bits per heavy atom. The quantitative estimate of drug-likeness (QED) is 0.835.